The van der Waals surface area contributed by atoms with E-state index in [-0.39, 0.29) is 0 Å². The molecule has 0 aromatic rings. The van der Waals surface area contributed by atoms with Crippen molar-refractivity contribution in [3.63, 3.8) is 0 Å². The molecule has 7 heavy (non-hydrogen) atoms. The van der Waals surface area contributed by atoms with E-state index < -0.39 is 13.0 Å². The molecule has 2 nitrogen and oxygen atoms in total. The summed E-state index contributed by atoms with van der Waals surface area (Å²) in [5, 5.41) is 8.63. The van der Waals surface area contributed by atoms with Crippen LogP contribution in [0.3, 0.4) is 0 Å². The van der Waals surface area contributed by atoms with E-state index in [9.17, 15) is 4.57 Å². The lowest BCUT2D eigenvalue weighted by molar-refractivity contribution is 0.269. The van der Waals surface area contributed by atoms with Crippen LogP contribution in [-0.4, -0.2) is 24.3 Å². The molecule has 1 atom stereocenters. The average molecular weight is 122 g/mol. The van der Waals surface area contributed by atoms with Gasteiger partial charge in [-0.2, -0.15) is 0 Å². The van der Waals surface area contributed by atoms with Crippen molar-refractivity contribution in [3.05, 3.63) is 0 Å². The van der Waals surface area contributed by atoms with Gasteiger partial charge in [-0.3, -0.25) is 0 Å². The Morgan fingerprint density at radius 1 is 1.57 bits per heavy atom. The zero-order valence-electron chi connectivity index (χ0n) is 4.88. The van der Waals surface area contributed by atoms with Gasteiger partial charge in [0.2, 0.25) is 0 Å². The third kappa shape index (κ3) is 2.84. The van der Waals surface area contributed by atoms with Crippen LogP contribution >= 0.6 is 7.14 Å². The molecule has 0 aliphatic heterocycles. The van der Waals surface area contributed by atoms with Crippen molar-refractivity contribution in [1.82, 2.24) is 0 Å². The first kappa shape index (κ1) is 7.19. The maximum absolute atomic E-state index is 10.7. The lowest BCUT2D eigenvalue weighted by atomic mass is 10.9. The molecular weight excluding hydrogens is 111 g/mol. The molecule has 0 saturated heterocycles. The van der Waals surface area contributed by atoms with Gasteiger partial charge in [-0.05, 0) is 20.3 Å². The quantitative estimate of drug-likeness (QED) is 0.525. The molecular formula is C4H11O2P. The fourth-order valence-electron chi connectivity index (χ4n) is 0. The van der Waals surface area contributed by atoms with Gasteiger partial charge in [0.1, 0.15) is 13.0 Å². The number of rotatable bonds is 1. The van der Waals surface area contributed by atoms with Crippen LogP contribution in [0.15, 0.2) is 0 Å². The molecule has 0 unspecified atom stereocenters. The highest BCUT2D eigenvalue weighted by atomic mass is 31.2. The predicted octanol–water partition coefficient (Wildman–Crippen LogP) is 0.947. The second-order valence-corrected chi connectivity index (χ2v) is 5.68. The summed E-state index contributed by atoms with van der Waals surface area (Å²) < 4.78 is 10.7. The van der Waals surface area contributed by atoms with Gasteiger partial charge < -0.3 is 9.67 Å². The van der Waals surface area contributed by atoms with Crippen LogP contribution in [0, 0.1) is 0 Å². The molecule has 0 radical (unpaired) electrons. The highest BCUT2D eigenvalue weighted by molar-refractivity contribution is 7.62. The zero-order chi connectivity index (χ0) is 6.08. The van der Waals surface area contributed by atoms with Crippen molar-refractivity contribution in [2.45, 2.75) is 12.8 Å². The molecule has 0 aliphatic rings. The molecule has 0 saturated carbocycles. The van der Waals surface area contributed by atoms with Gasteiger partial charge in [0.25, 0.3) is 0 Å². The maximum Gasteiger partial charge on any atom is 0.109 e. The number of hydrogen-bond acceptors (Lipinski definition) is 2. The van der Waals surface area contributed by atoms with E-state index >= 15 is 0 Å². The lowest BCUT2D eigenvalue weighted by Crippen LogP contribution is -1.97. The largest absolute Gasteiger partial charge is 0.386 e. The summed E-state index contributed by atoms with van der Waals surface area (Å²) in [5.74, 6) is -0.646. The highest BCUT2D eigenvalue weighted by Crippen LogP contribution is 2.39. The predicted molar refractivity (Wildman–Crippen MR) is 31.1 cm³/mol. The second-order valence-electron chi connectivity index (χ2n) is 2.07. The summed E-state index contributed by atoms with van der Waals surface area (Å²) in [4.78, 5) is 0. The molecule has 0 aromatic heterocycles. The number of aliphatic hydroxyl groups excluding tert-OH is 1. The van der Waals surface area contributed by atoms with Gasteiger partial charge in [-0.15, -0.1) is 0 Å². The summed E-state index contributed by atoms with van der Waals surface area (Å²) in [6.07, 6.45) is 0. The van der Waals surface area contributed by atoms with Crippen LogP contribution < -0.4 is 0 Å². The van der Waals surface area contributed by atoms with Crippen LogP contribution in [0.2, 0.25) is 0 Å². The first-order chi connectivity index (χ1) is 2.94. The van der Waals surface area contributed by atoms with Crippen molar-refractivity contribution < 1.29 is 9.67 Å². The summed E-state index contributed by atoms with van der Waals surface area (Å²) >= 11 is 0. The normalized spacial score (nSPS) is 16.6. The Kier molecular flexibility index (Phi) is 2.03. The Hall–Kier alpha value is 0.190. The Morgan fingerprint density at radius 2 is 1.71 bits per heavy atom. The fraction of sp³-hybridized carbons (Fsp3) is 1.00. The van der Waals surface area contributed by atoms with Crippen molar-refractivity contribution in [1.29, 1.82) is 0 Å². The minimum Gasteiger partial charge on any atom is -0.386 e. The molecule has 3 heteroatoms. The summed E-state index contributed by atoms with van der Waals surface area (Å²) in [6.45, 7) is 4.68. The molecule has 0 spiro atoms. The average Bonchev–Trinajstić information content (AvgIpc) is 1.31. The third-order valence-corrected chi connectivity index (χ3v) is 2.70. The SMILES string of the molecule is C[C@@H](O)P(C)(C)=O. The Balaban J connectivity index is 3.80. The zero-order valence-corrected chi connectivity index (χ0v) is 5.77. The molecule has 0 aromatic carbocycles. The van der Waals surface area contributed by atoms with E-state index in [0.29, 0.717) is 0 Å². The van der Waals surface area contributed by atoms with Gasteiger partial charge in [0.05, 0.1) is 0 Å². The van der Waals surface area contributed by atoms with E-state index in [1.54, 1.807) is 20.3 Å². The molecule has 1 N–H and O–H groups in total. The molecule has 0 rings (SSSR count). The summed E-state index contributed by atoms with van der Waals surface area (Å²) in [7, 11) is -2.18. The topological polar surface area (TPSA) is 37.3 Å². The molecule has 0 bridgehead atoms. The summed E-state index contributed by atoms with van der Waals surface area (Å²) in [5.41, 5.74) is 0. The standard InChI is InChI=1S/C4H11O2P/c1-4(5)7(2,3)6/h4-5H,1-3H3/t4-/m0/s1. The second kappa shape index (κ2) is 1.97. The van der Waals surface area contributed by atoms with E-state index in [1.165, 1.54) is 0 Å². The van der Waals surface area contributed by atoms with Crippen molar-refractivity contribution >= 4 is 7.14 Å². The number of aliphatic hydroxyl groups is 1. The van der Waals surface area contributed by atoms with Crippen molar-refractivity contribution in [2.24, 2.45) is 0 Å². The van der Waals surface area contributed by atoms with Gasteiger partial charge in [0, 0.05) is 0 Å². The van der Waals surface area contributed by atoms with Crippen LogP contribution in [0.5, 0.6) is 0 Å². The van der Waals surface area contributed by atoms with E-state index in [1.807, 2.05) is 0 Å². The van der Waals surface area contributed by atoms with Gasteiger partial charge >= 0.3 is 0 Å². The van der Waals surface area contributed by atoms with Crippen LogP contribution in [0.4, 0.5) is 0 Å². The molecule has 0 fully saturated rings. The Morgan fingerprint density at radius 3 is 1.71 bits per heavy atom. The molecule has 0 heterocycles. The van der Waals surface area contributed by atoms with Crippen LogP contribution in [0.1, 0.15) is 6.92 Å². The monoisotopic (exact) mass is 122 g/mol. The van der Waals surface area contributed by atoms with Crippen molar-refractivity contribution in [3.8, 4) is 0 Å². The summed E-state index contributed by atoms with van der Waals surface area (Å²) in [6, 6.07) is 0. The fourth-order valence-corrected chi connectivity index (χ4v) is 0. The minimum atomic E-state index is -2.18. The molecule has 0 amide bonds. The smallest absolute Gasteiger partial charge is 0.109 e. The van der Waals surface area contributed by atoms with Crippen LogP contribution in [0.25, 0.3) is 0 Å². The number of hydrogen-bond donors (Lipinski definition) is 1. The first-order valence-corrected chi connectivity index (χ1v) is 4.84. The molecule has 0 aliphatic carbocycles. The van der Waals surface area contributed by atoms with Gasteiger partial charge in [-0.1, -0.05) is 0 Å². The minimum absolute atomic E-state index is 0.646. The van der Waals surface area contributed by atoms with Gasteiger partial charge in [0.15, 0.2) is 0 Å². The van der Waals surface area contributed by atoms with Gasteiger partial charge in [-0.25, -0.2) is 0 Å². The molecule has 44 valence electrons. The Bertz CT molecular complexity index is 91.9. The van der Waals surface area contributed by atoms with Crippen molar-refractivity contribution in [2.75, 3.05) is 13.3 Å². The van der Waals surface area contributed by atoms with E-state index in [2.05, 4.69) is 0 Å². The first-order valence-electron chi connectivity index (χ1n) is 2.17. The maximum atomic E-state index is 10.7. The highest BCUT2D eigenvalue weighted by Gasteiger charge is 2.12. The van der Waals surface area contributed by atoms with E-state index in [0.717, 1.165) is 0 Å². The van der Waals surface area contributed by atoms with Crippen LogP contribution in [-0.2, 0) is 4.57 Å². The van der Waals surface area contributed by atoms with E-state index in [4.69, 9.17) is 5.11 Å². The third-order valence-electron chi connectivity index (χ3n) is 0.900. The Labute approximate surface area is 43.9 Å². The lowest BCUT2D eigenvalue weighted by Gasteiger charge is -2.07.